The summed E-state index contributed by atoms with van der Waals surface area (Å²) in [7, 11) is 2.20. The van der Waals surface area contributed by atoms with Gasteiger partial charge in [-0.25, -0.2) is 0 Å². The highest BCUT2D eigenvalue weighted by atomic mass is 35.5. The number of nitrogens with two attached hydrogens (primary N) is 1. The molecule has 0 aliphatic heterocycles. The predicted molar refractivity (Wildman–Crippen MR) is 77.9 cm³/mol. The van der Waals surface area contributed by atoms with Crippen molar-refractivity contribution in [2.24, 2.45) is 5.73 Å². The zero-order valence-electron chi connectivity index (χ0n) is 11.3. The predicted octanol–water partition coefficient (Wildman–Crippen LogP) is 3.60. The number of likely N-dealkylation sites (N-methyl/N-ethyl adjacent to an activating group) is 1. The summed E-state index contributed by atoms with van der Waals surface area (Å²) in [5.41, 5.74) is 7.57. The molecule has 1 saturated carbocycles. The molecule has 1 aromatic rings. The fourth-order valence-electron chi connectivity index (χ4n) is 2.72. The third-order valence-electron chi connectivity index (χ3n) is 4.16. The van der Waals surface area contributed by atoms with Crippen LogP contribution in [0.4, 0.5) is 0 Å². The van der Waals surface area contributed by atoms with Crippen molar-refractivity contribution in [3.05, 3.63) is 34.9 Å². The third-order valence-corrected chi connectivity index (χ3v) is 4.39. The van der Waals surface area contributed by atoms with Gasteiger partial charge in [0.2, 0.25) is 0 Å². The van der Waals surface area contributed by atoms with Crippen LogP contribution in [0, 0.1) is 0 Å². The van der Waals surface area contributed by atoms with Gasteiger partial charge in [0.1, 0.15) is 0 Å². The fraction of sp³-hybridized carbons (Fsp3) is 0.600. The fourth-order valence-corrected chi connectivity index (χ4v) is 2.92. The Morgan fingerprint density at radius 2 is 2.17 bits per heavy atom. The van der Waals surface area contributed by atoms with Gasteiger partial charge in [0, 0.05) is 23.1 Å². The maximum absolute atomic E-state index is 6.33. The highest BCUT2D eigenvalue weighted by Gasteiger charge is 2.31. The van der Waals surface area contributed by atoms with E-state index in [2.05, 4.69) is 31.0 Å². The number of benzene rings is 1. The van der Waals surface area contributed by atoms with Gasteiger partial charge in [0.15, 0.2) is 0 Å². The van der Waals surface area contributed by atoms with Crippen molar-refractivity contribution in [1.82, 2.24) is 4.90 Å². The lowest BCUT2D eigenvalue weighted by molar-refractivity contribution is 0.0938. The summed E-state index contributed by atoms with van der Waals surface area (Å²) in [6, 6.07) is 9.25. The molecular formula is C15H23ClN2. The first-order valence-electron chi connectivity index (χ1n) is 6.86. The molecule has 1 aliphatic carbocycles. The number of hydrogen-bond acceptors (Lipinski definition) is 2. The van der Waals surface area contributed by atoms with Crippen LogP contribution in [0.2, 0.25) is 5.02 Å². The topological polar surface area (TPSA) is 29.3 Å². The lowest BCUT2D eigenvalue weighted by atomic mass is 9.87. The van der Waals surface area contributed by atoms with Gasteiger partial charge < -0.3 is 5.73 Å². The molecule has 0 spiro atoms. The molecule has 2 atom stereocenters. The maximum atomic E-state index is 6.33. The second-order valence-corrected chi connectivity index (χ2v) is 5.76. The van der Waals surface area contributed by atoms with Crippen molar-refractivity contribution in [1.29, 1.82) is 0 Å². The molecule has 0 saturated heterocycles. The van der Waals surface area contributed by atoms with Gasteiger partial charge in [0.25, 0.3) is 0 Å². The van der Waals surface area contributed by atoms with Gasteiger partial charge in [-0.05, 0) is 44.0 Å². The molecule has 1 aromatic carbocycles. The summed E-state index contributed by atoms with van der Waals surface area (Å²) in [4.78, 5) is 2.45. The Kier molecular flexibility index (Phi) is 4.66. The van der Waals surface area contributed by atoms with E-state index in [1.807, 2.05) is 12.1 Å². The normalized spacial score (nSPS) is 19.6. The Bertz CT molecular complexity index is 390. The standard InChI is InChI=1S/C15H23ClN2/c1-3-14(17)15(18(2)13-8-5-9-13)11-6-4-7-12(16)10-11/h4,6-7,10,13-15H,3,5,8-9,17H2,1-2H3. The maximum Gasteiger partial charge on any atom is 0.0499 e. The minimum atomic E-state index is 0.161. The number of hydrogen-bond donors (Lipinski definition) is 1. The van der Waals surface area contributed by atoms with Crippen LogP contribution in [0.5, 0.6) is 0 Å². The number of nitrogens with zero attached hydrogens (tertiary/aromatic N) is 1. The second kappa shape index (κ2) is 6.05. The lowest BCUT2D eigenvalue weighted by Crippen LogP contribution is -2.46. The van der Waals surface area contributed by atoms with Gasteiger partial charge in [-0.1, -0.05) is 37.1 Å². The van der Waals surface area contributed by atoms with Gasteiger partial charge in [0.05, 0.1) is 0 Å². The largest absolute Gasteiger partial charge is 0.326 e. The summed E-state index contributed by atoms with van der Waals surface area (Å²) < 4.78 is 0. The van der Waals surface area contributed by atoms with Crippen molar-refractivity contribution >= 4 is 11.6 Å². The van der Waals surface area contributed by atoms with Crippen LogP contribution < -0.4 is 5.73 Å². The van der Waals surface area contributed by atoms with Crippen LogP contribution in [0.25, 0.3) is 0 Å². The Labute approximate surface area is 115 Å². The molecule has 1 aliphatic rings. The first kappa shape index (κ1) is 13.9. The molecule has 0 aromatic heterocycles. The Balaban J connectivity index is 2.23. The summed E-state index contributed by atoms with van der Waals surface area (Å²) in [5.74, 6) is 0. The van der Waals surface area contributed by atoms with Gasteiger partial charge in [-0.2, -0.15) is 0 Å². The van der Waals surface area contributed by atoms with E-state index < -0.39 is 0 Å². The van der Waals surface area contributed by atoms with Crippen molar-refractivity contribution in [3.8, 4) is 0 Å². The molecule has 1 fully saturated rings. The van der Waals surface area contributed by atoms with Gasteiger partial charge in [-0.3, -0.25) is 4.90 Å². The van der Waals surface area contributed by atoms with E-state index in [9.17, 15) is 0 Å². The first-order valence-corrected chi connectivity index (χ1v) is 7.24. The molecule has 0 heterocycles. The first-order chi connectivity index (χ1) is 8.63. The summed E-state index contributed by atoms with van der Waals surface area (Å²) in [6.45, 7) is 2.15. The minimum absolute atomic E-state index is 0.161. The Hall–Kier alpha value is -0.570. The van der Waals surface area contributed by atoms with E-state index in [1.54, 1.807) is 0 Å². The molecule has 2 N–H and O–H groups in total. The minimum Gasteiger partial charge on any atom is -0.326 e. The van der Waals surface area contributed by atoms with Crippen LogP contribution in [-0.2, 0) is 0 Å². The third kappa shape index (κ3) is 2.87. The molecule has 100 valence electrons. The van der Waals surface area contributed by atoms with E-state index in [4.69, 9.17) is 17.3 Å². The van der Waals surface area contributed by atoms with E-state index in [0.29, 0.717) is 6.04 Å². The smallest absolute Gasteiger partial charge is 0.0499 e. The molecule has 18 heavy (non-hydrogen) atoms. The van der Waals surface area contributed by atoms with E-state index >= 15 is 0 Å². The zero-order chi connectivity index (χ0) is 13.1. The Morgan fingerprint density at radius 1 is 1.44 bits per heavy atom. The summed E-state index contributed by atoms with van der Waals surface area (Å²) in [6.07, 6.45) is 4.92. The van der Waals surface area contributed by atoms with Crippen molar-refractivity contribution in [3.63, 3.8) is 0 Å². The molecule has 2 unspecified atom stereocenters. The second-order valence-electron chi connectivity index (χ2n) is 5.32. The summed E-state index contributed by atoms with van der Waals surface area (Å²) in [5, 5.41) is 0.794. The van der Waals surface area contributed by atoms with Crippen LogP contribution in [0.15, 0.2) is 24.3 Å². The monoisotopic (exact) mass is 266 g/mol. The van der Waals surface area contributed by atoms with Crippen LogP contribution in [-0.4, -0.2) is 24.0 Å². The molecule has 2 rings (SSSR count). The quantitative estimate of drug-likeness (QED) is 0.882. The highest BCUT2D eigenvalue weighted by Crippen LogP contribution is 2.33. The average molecular weight is 267 g/mol. The Morgan fingerprint density at radius 3 is 2.67 bits per heavy atom. The van der Waals surface area contributed by atoms with Crippen molar-refractivity contribution < 1.29 is 0 Å². The molecule has 0 bridgehead atoms. The summed E-state index contributed by atoms with van der Waals surface area (Å²) >= 11 is 6.11. The van der Waals surface area contributed by atoms with Crippen LogP contribution >= 0.6 is 11.6 Å². The molecule has 3 heteroatoms. The van der Waals surface area contributed by atoms with Crippen LogP contribution in [0.3, 0.4) is 0 Å². The molecule has 0 amide bonds. The van der Waals surface area contributed by atoms with Crippen molar-refractivity contribution in [2.75, 3.05) is 7.05 Å². The molecule has 0 radical (unpaired) electrons. The molecule has 2 nitrogen and oxygen atoms in total. The van der Waals surface area contributed by atoms with Crippen molar-refractivity contribution in [2.45, 2.75) is 50.7 Å². The highest BCUT2D eigenvalue weighted by molar-refractivity contribution is 6.30. The lowest BCUT2D eigenvalue weighted by Gasteiger charge is -2.42. The van der Waals surface area contributed by atoms with Gasteiger partial charge in [-0.15, -0.1) is 0 Å². The SMILES string of the molecule is CCC(N)C(c1cccc(Cl)c1)N(C)C1CCC1. The van der Waals surface area contributed by atoms with E-state index in [-0.39, 0.29) is 12.1 Å². The van der Waals surface area contributed by atoms with E-state index in [1.165, 1.54) is 24.8 Å². The number of rotatable bonds is 5. The number of halogens is 1. The van der Waals surface area contributed by atoms with E-state index in [0.717, 1.165) is 11.4 Å². The average Bonchev–Trinajstić information content (AvgIpc) is 2.26. The van der Waals surface area contributed by atoms with Gasteiger partial charge >= 0.3 is 0 Å². The van der Waals surface area contributed by atoms with Crippen LogP contribution in [0.1, 0.15) is 44.2 Å². The molecular weight excluding hydrogens is 244 g/mol. The zero-order valence-corrected chi connectivity index (χ0v) is 12.0.